The van der Waals surface area contributed by atoms with Gasteiger partial charge >= 0.3 is 5.97 Å². The fraction of sp³-hybridized carbons (Fsp3) is 0.357. The number of halogens is 1. The fourth-order valence-electron chi connectivity index (χ4n) is 1.86. The van der Waals surface area contributed by atoms with Crippen molar-refractivity contribution in [3.05, 3.63) is 28.2 Å². The molecule has 1 aliphatic rings. The van der Waals surface area contributed by atoms with Crippen molar-refractivity contribution < 1.29 is 9.90 Å². The van der Waals surface area contributed by atoms with Gasteiger partial charge in [-0.3, -0.25) is 0 Å². The van der Waals surface area contributed by atoms with Gasteiger partial charge in [-0.2, -0.15) is 0 Å². The van der Waals surface area contributed by atoms with E-state index in [1.807, 2.05) is 12.1 Å². The third-order valence-corrected chi connectivity index (χ3v) is 3.66. The number of hydrogen-bond donors (Lipinski definition) is 1. The first-order chi connectivity index (χ1) is 8.61. The highest BCUT2D eigenvalue weighted by Gasteiger charge is 2.24. The van der Waals surface area contributed by atoms with Gasteiger partial charge in [0.05, 0.1) is 12.1 Å². The van der Waals surface area contributed by atoms with Gasteiger partial charge in [0.25, 0.3) is 0 Å². The minimum absolute atomic E-state index is 0.269. The summed E-state index contributed by atoms with van der Waals surface area (Å²) >= 11 is 3.29. The van der Waals surface area contributed by atoms with E-state index >= 15 is 0 Å². The molecule has 0 amide bonds. The van der Waals surface area contributed by atoms with Crippen LogP contribution in [0.2, 0.25) is 0 Å². The molecular formula is C14H14BrNO2. The minimum Gasteiger partial charge on any atom is -0.478 e. The zero-order valence-electron chi connectivity index (χ0n) is 9.90. The van der Waals surface area contributed by atoms with Crippen molar-refractivity contribution in [1.82, 2.24) is 0 Å². The summed E-state index contributed by atoms with van der Waals surface area (Å²) in [7, 11) is 0. The SMILES string of the molecule is C#CCN(CC1CC1)c1ccc(C(=O)O)c(Br)c1. The summed E-state index contributed by atoms with van der Waals surface area (Å²) in [6.45, 7) is 1.50. The molecule has 0 bridgehead atoms. The van der Waals surface area contributed by atoms with Gasteiger partial charge in [-0.25, -0.2) is 4.79 Å². The normalized spacial score (nSPS) is 14.0. The summed E-state index contributed by atoms with van der Waals surface area (Å²) in [5.41, 5.74) is 1.24. The summed E-state index contributed by atoms with van der Waals surface area (Å²) in [6.07, 6.45) is 7.90. The van der Waals surface area contributed by atoms with E-state index in [2.05, 4.69) is 26.8 Å². The molecular weight excluding hydrogens is 294 g/mol. The number of benzene rings is 1. The molecule has 3 nitrogen and oxygen atoms in total. The summed E-state index contributed by atoms with van der Waals surface area (Å²) < 4.78 is 0.588. The lowest BCUT2D eigenvalue weighted by Crippen LogP contribution is -2.26. The van der Waals surface area contributed by atoms with Crippen molar-refractivity contribution in [2.45, 2.75) is 12.8 Å². The molecule has 0 aliphatic heterocycles. The molecule has 0 heterocycles. The Kier molecular flexibility index (Phi) is 3.93. The molecule has 1 aromatic rings. The predicted molar refractivity (Wildman–Crippen MR) is 74.9 cm³/mol. The zero-order chi connectivity index (χ0) is 13.1. The highest BCUT2D eigenvalue weighted by Crippen LogP contribution is 2.32. The van der Waals surface area contributed by atoms with Gasteiger partial charge in [0.1, 0.15) is 0 Å². The maximum atomic E-state index is 10.9. The first-order valence-electron chi connectivity index (χ1n) is 5.83. The second-order valence-electron chi connectivity index (χ2n) is 4.50. The van der Waals surface area contributed by atoms with Gasteiger partial charge in [-0.15, -0.1) is 6.42 Å². The first-order valence-corrected chi connectivity index (χ1v) is 6.62. The molecule has 4 heteroatoms. The van der Waals surface area contributed by atoms with E-state index < -0.39 is 5.97 Å². The number of carboxylic acid groups (broad SMARTS) is 1. The molecule has 1 aromatic carbocycles. The third kappa shape index (κ3) is 3.05. The third-order valence-electron chi connectivity index (χ3n) is 3.01. The van der Waals surface area contributed by atoms with Gasteiger partial charge in [0.15, 0.2) is 0 Å². The molecule has 0 radical (unpaired) electrons. The molecule has 1 aliphatic carbocycles. The summed E-state index contributed by atoms with van der Waals surface area (Å²) in [5, 5.41) is 8.98. The molecule has 0 unspecified atom stereocenters. The maximum Gasteiger partial charge on any atom is 0.336 e. The Labute approximate surface area is 115 Å². The Bertz CT molecular complexity index is 503. The van der Waals surface area contributed by atoms with Gasteiger partial charge in [0, 0.05) is 16.7 Å². The van der Waals surface area contributed by atoms with Crippen molar-refractivity contribution in [2.24, 2.45) is 5.92 Å². The van der Waals surface area contributed by atoms with Crippen LogP contribution in [-0.4, -0.2) is 24.2 Å². The first kappa shape index (κ1) is 13.0. The zero-order valence-corrected chi connectivity index (χ0v) is 11.5. The van der Waals surface area contributed by atoms with Crippen LogP contribution in [0.25, 0.3) is 0 Å². The molecule has 1 N–H and O–H groups in total. The van der Waals surface area contributed by atoms with Crippen molar-refractivity contribution >= 4 is 27.6 Å². The van der Waals surface area contributed by atoms with Gasteiger partial charge in [0.2, 0.25) is 0 Å². The maximum absolute atomic E-state index is 10.9. The lowest BCUT2D eigenvalue weighted by atomic mass is 10.2. The van der Waals surface area contributed by atoms with Crippen LogP contribution in [0.3, 0.4) is 0 Å². The highest BCUT2D eigenvalue weighted by atomic mass is 79.9. The highest BCUT2D eigenvalue weighted by molar-refractivity contribution is 9.10. The molecule has 0 spiro atoms. The van der Waals surface area contributed by atoms with Gasteiger partial charge < -0.3 is 10.0 Å². The number of carboxylic acids is 1. The van der Waals surface area contributed by atoms with Gasteiger partial charge in [-0.05, 0) is 52.9 Å². The van der Waals surface area contributed by atoms with E-state index in [1.54, 1.807) is 6.07 Å². The van der Waals surface area contributed by atoms with Crippen molar-refractivity contribution in [3.63, 3.8) is 0 Å². The Morgan fingerprint density at radius 2 is 2.28 bits per heavy atom. The van der Waals surface area contributed by atoms with Crippen LogP contribution in [-0.2, 0) is 0 Å². The summed E-state index contributed by atoms with van der Waals surface area (Å²) in [4.78, 5) is 13.1. The monoisotopic (exact) mass is 307 g/mol. The van der Waals surface area contributed by atoms with Crippen molar-refractivity contribution in [2.75, 3.05) is 18.0 Å². The van der Waals surface area contributed by atoms with Crippen LogP contribution >= 0.6 is 15.9 Å². The Balaban J connectivity index is 2.21. The molecule has 1 fully saturated rings. The molecule has 18 heavy (non-hydrogen) atoms. The van der Waals surface area contributed by atoms with Gasteiger partial charge in [-0.1, -0.05) is 5.92 Å². The molecule has 0 aromatic heterocycles. The summed E-state index contributed by atoms with van der Waals surface area (Å²) in [6, 6.07) is 5.25. The molecule has 94 valence electrons. The fourth-order valence-corrected chi connectivity index (χ4v) is 2.39. The number of terminal acetylenes is 1. The molecule has 2 rings (SSSR count). The van der Waals surface area contributed by atoms with Crippen molar-refractivity contribution in [1.29, 1.82) is 0 Å². The van der Waals surface area contributed by atoms with Crippen LogP contribution in [0.4, 0.5) is 5.69 Å². The molecule has 1 saturated carbocycles. The van der Waals surface area contributed by atoms with Crippen molar-refractivity contribution in [3.8, 4) is 12.3 Å². The second kappa shape index (κ2) is 5.45. The predicted octanol–water partition coefficient (Wildman–Crippen LogP) is 3.00. The number of rotatable bonds is 5. The van der Waals surface area contributed by atoms with E-state index in [9.17, 15) is 4.79 Å². The van der Waals surface area contributed by atoms with Crippen LogP contribution in [0.1, 0.15) is 23.2 Å². The topological polar surface area (TPSA) is 40.5 Å². The largest absolute Gasteiger partial charge is 0.478 e. The molecule has 0 atom stereocenters. The van der Waals surface area contributed by atoms with E-state index in [0.29, 0.717) is 11.0 Å². The Morgan fingerprint density at radius 1 is 1.56 bits per heavy atom. The van der Waals surface area contributed by atoms with Crippen LogP contribution in [0.5, 0.6) is 0 Å². The van der Waals surface area contributed by atoms with Crippen LogP contribution in [0.15, 0.2) is 22.7 Å². The van der Waals surface area contributed by atoms with E-state index in [-0.39, 0.29) is 5.56 Å². The Morgan fingerprint density at radius 3 is 2.78 bits per heavy atom. The van der Waals surface area contributed by atoms with E-state index in [0.717, 1.165) is 18.2 Å². The van der Waals surface area contributed by atoms with E-state index in [4.69, 9.17) is 11.5 Å². The number of carbonyl (C=O) groups is 1. The lowest BCUT2D eigenvalue weighted by Gasteiger charge is -2.22. The minimum atomic E-state index is -0.931. The Hall–Kier alpha value is -1.47. The number of aromatic carboxylic acids is 1. The van der Waals surface area contributed by atoms with Crippen LogP contribution < -0.4 is 4.90 Å². The quantitative estimate of drug-likeness (QED) is 0.850. The molecule has 0 saturated heterocycles. The standard InChI is InChI=1S/C14H14BrNO2/c1-2-7-16(9-10-3-4-10)11-5-6-12(14(17)18)13(15)8-11/h1,5-6,8,10H,3-4,7,9H2,(H,17,18). The average molecular weight is 308 g/mol. The van der Waals surface area contributed by atoms with Crippen LogP contribution in [0, 0.1) is 18.3 Å². The number of nitrogens with zero attached hydrogens (tertiary/aromatic N) is 1. The number of hydrogen-bond acceptors (Lipinski definition) is 2. The lowest BCUT2D eigenvalue weighted by molar-refractivity contribution is 0.0696. The van der Waals surface area contributed by atoms with E-state index in [1.165, 1.54) is 12.8 Å². The summed E-state index contributed by atoms with van der Waals surface area (Å²) in [5.74, 6) is 2.45. The number of anilines is 1. The smallest absolute Gasteiger partial charge is 0.336 e. The average Bonchev–Trinajstić information content (AvgIpc) is 3.11. The second-order valence-corrected chi connectivity index (χ2v) is 5.35.